The van der Waals surface area contributed by atoms with Crippen LogP contribution < -0.4 is 10.9 Å². The second-order valence-corrected chi connectivity index (χ2v) is 3.91. The lowest BCUT2D eigenvalue weighted by molar-refractivity contribution is 0.478. The first-order valence-corrected chi connectivity index (χ1v) is 5.35. The van der Waals surface area contributed by atoms with Gasteiger partial charge in [0, 0.05) is 0 Å². The van der Waals surface area contributed by atoms with Crippen molar-refractivity contribution in [1.82, 2.24) is 15.2 Å². The van der Waals surface area contributed by atoms with Crippen molar-refractivity contribution in [2.45, 2.75) is 20.4 Å². The molecule has 0 bridgehead atoms. The topological polar surface area (TPSA) is 83.8 Å². The number of aromatic amines is 1. The quantitative estimate of drug-likeness (QED) is 0.870. The molecule has 0 saturated carbocycles. The Hall–Kier alpha value is -1.82. The summed E-state index contributed by atoms with van der Waals surface area (Å²) >= 11 is 5.80. The Labute approximate surface area is 102 Å². The van der Waals surface area contributed by atoms with Crippen molar-refractivity contribution in [3.8, 4) is 0 Å². The number of aryl methyl sites for hydroxylation is 2. The molecule has 90 valence electrons. The van der Waals surface area contributed by atoms with Gasteiger partial charge in [-0.2, -0.15) is 5.10 Å². The third kappa shape index (κ3) is 2.47. The van der Waals surface area contributed by atoms with Gasteiger partial charge in [-0.05, 0) is 13.8 Å². The molecule has 2 aromatic rings. The molecule has 2 aromatic heterocycles. The molecule has 0 amide bonds. The molecule has 0 spiro atoms. The third-order valence-electron chi connectivity index (χ3n) is 2.30. The van der Waals surface area contributed by atoms with Gasteiger partial charge in [-0.1, -0.05) is 11.6 Å². The highest BCUT2D eigenvalue weighted by atomic mass is 35.5. The molecular weight excluding hydrogens is 244 g/mol. The highest BCUT2D eigenvalue weighted by Crippen LogP contribution is 2.16. The van der Waals surface area contributed by atoms with Crippen LogP contribution in [0.5, 0.6) is 0 Å². The van der Waals surface area contributed by atoms with Crippen molar-refractivity contribution >= 4 is 17.3 Å². The summed E-state index contributed by atoms with van der Waals surface area (Å²) in [5.74, 6) is 1.31. The Bertz CT molecular complexity index is 571. The molecule has 0 aliphatic heterocycles. The number of H-pyrrole nitrogens is 1. The Morgan fingerprint density at radius 2 is 2.29 bits per heavy atom. The molecule has 0 atom stereocenters. The van der Waals surface area contributed by atoms with E-state index in [2.05, 4.69) is 20.5 Å². The molecule has 0 aliphatic rings. The van der Waals surface area contributed by atoms with Gasteiger partial charge < -0.3 is 9.73 Å². The molecule has 2 N–H and O–H groups in total. The fraction of sp³-hybridized carbons (Fsp3) is 0.300. The van der Waals surface area contributed by atoms with Crippen molar-refractivity contribution in [2.24, 2.45) is 0 Å². The van der Waals surface area contributed by atoms with Crippen LogP contribution in [0.2, 0.25) is 5.02 Å². The highest BCUT2D eigenvalue weighted by molar-refractivity contribution is 6.32. The van der Waals surface area contributed by atoms with E-state index in [-0.39, 0.29) is 5.02 Å². The van der Waals surface area contributed by atoms with Crippen molar-refractivity contribution in [1.29, 1.82) is 0 Å². The van der Waals surface area contributed by atoms with Gasteiger partial charge in [0.25, 0.3) is 5.56 Å². The van der Waals surface area contributed by atoms with Crippen LogP contribution in [-0.2, 0) is 6.54 Å². The fourth-order valence-electron chi connectivity index (χ4n) is 1.29. The largest absolute Gasteiger partial charge is 0.444 e. The van der Waals surface area contributed by atoms with E-state index in [9.17, 15) is 4.79 Å². The van der Waals surface area contributed by atoms with Gasteiger partial charge in [0.1, 0.15) is 10.8 Å². The number of nitrogens with zero attached hydrogens (tertiary/aromatic N) is 2. The summed E-state index contributed by atoms with van der Waals surface area (Å²) in [6.45, 7) is 4.05. The van der Waals surface area contributed by atoms with E-state index in [0.717, 1.165) is 11.5 Å². The minimum atomic E-state index is -0.434. The van der Waals surface area contributed by atoms with E-state index in [1.54, 1.807) is 0 Å². The lowest BCUT2D eigenvalue weighted by Crippen LogP contribution is -2.11. The second kappa shape index (κ2) is 4.58. The number of halogens is 1. The van der Waals surface area contributed by atoms with Crippen LogP contribution in [-0.4, -0.2) is 15.2 Å². The van der Waals surface area contributed by atoms with E-state index in [0.29, 0.717) is 18.1 Å². The van der Waals surface area contributed by atoms with Gasteiger partial charge in [0.05, 0.1) is 24.1 Å². The number of hydrogen-bond acceptors (Lipinski definition) is 5. The number of anilines is 1. The van der Waals surface area contributed by atoms with Crippen LogP contribution in [0.4, 0.5) is 5.69 Å². The molecular formula is C10H11ClN4O2. The molecule has 2 rings (SSSR count). The summed E-state index contributed by atoms with van der Waals surface area (Å²) < 4.78 is 5.38. The van der Waals surface area contributed by atoms with Gasteiger partial charge >= 0.3 is 0 Å². The van der Waals surface area contributed by atoms with E-state index < -0.39 is 5.56 Å². The molecule has 7 heteroatoms. The zero-order chi connectivity index (χ0) is 12.4. The third-order valence-corrected chi connectivity index (χ3v) is 2.67. The smallest absolute Gasteiger partial charge is 0.285 e. The minimum Gasteiger partial charge on any atom is -0.444 e. The summed E-state index contributed by atoms with van der Waals surface area (Å²) in [4.78, 5) is 15.4. The number of oxazole rings is 1. The summed E-state index contributed by atoms with van der Waals surface area (Å²) in [5, 5.41) is 8.89. The molecule has 2 heterocycles. The SMILES string of the molecule is Cc1nc(CNc2cn[nH]c(=O)c2Cl)oc1C. The Morgan fingerprint density at radius 1 is 1.53 bits per heavy atom. The van der Waals surface area contributed by atoms with E-state index >= 15 is 0 Å². The first-order valence-electron chi connectivity index (χ1n) is 4.98. The van der Waals surface area contributed by atoms with Gasteiger partial charge in [0.2, 0.25) is 5.89 Å². The van der Waals surface area contributed by atoms with Crippen molar-refractivity contribution in [2.75, 3.05) is 5.32 Å². The molecule has 0 saturated heterocycles. The van der Waals surface area contributed by atoms with Crippen LogP contribution in [0, 0.1) is 13.8 Å². The normalized spacial score (nSPS) is 10.5. The van der Waals surface area contributed by atoms with Crippen LogP contribution >= 0.6 is 11.6 Å². The molecule has 0 aliphatic carbocycles. The van der Waals surface area contributed by atoms with E-state index in [1.807, 2.05) is 13.8 Å². The number of hydrogen-bond donors (Lipinski definition) is 2. The Balaban J connectivity index is 2.12. The molecule has 0 aromatic carbocycles. The molecule has 0 radical (unpaired) electrons. The van der Waals surface area contributed by atoms with Crippen molar-refractivity contribution < 1.29 is 4.42 Å². The van der Waals surface area contributed by atoms with Crippen molar-refractivity contribution in [3.05, 3.63) is 38.9 Å². The van der Waals surface area contributed by atoms with Gasteiger partial charge in [0.15, 0.2) is 0 Å². The molecule has 0 fully saturated rings. The summed E-state index contributed by atoms with van der Waals surface area (Å²) in [5.41, 5.74) is 0.859. The molecule has 6 nitrogen and oxygen atoms in total. The van der Waals surface area contributed by atoms with Crippen LogP contribution in [0.3, 0.4) is 0 Å². The standard InChI is InChI=1S/C10H11ClN4O2/c1-5-6(2)17-8(14-5)4-12-7-3-13-15-10(16)9(7)11/h3H,4H2,1-2H3,(H2,12,15,16). The summed E-state index contributed by atoms with van der Waals surface area (Å²) in [6, 6.07) is 0. The average Bonchev–Trinajstić information content (AvgIpc) is 2.61. The number of nitrogens with one attached hydrogen (secondary N) is 2. The predicted octanol–water partition coefficient (Wildman–Crippen LogP) is 1.64. The lowest BCUT2D eigenvalue weighted by atomic mass is 10.4. The van der Waals surface area contributed by atoms with Gasteiger partial charge in [-0.25, -0.2) is 10.1 Å². The van der Waals surface area contributed by atoms with Gasteiger partial charge in [-0.15, -0.1) is 0 Å². The van der Waals surface area contributed by atoms with Crippen LogP contribution in [0.15, 0.2) is 15.4 Å². The summed E-state index contributed by atoms with van der Waals surface area (Å²) in [6.07, 6.45) is 1.44. The number of aromatic nitrogens is 3. The van der Waals surface area contributed by atoms with Crippen LogP contribution in [0.1, 0.15) is 17.3 Å². The Morgan fingerprint density at radius 3 is 2.94 bits per heavy atom. The van der Waals surface area contributed by atoms with Crippen molar-refractivity contribution in [3.63, 3.8) is 0 Å². The van der Waals surface area contributed by atoms with E-state index in [1.165, 1.54) is 6.20 Å². The van der Waals surface area contributed by atoms with E-state index in [4.69, 9.17) is 16.0 Å². The first-order chi connectivity index (χ1) is 8.08. The lowest BCUT2D eigenvalue weighted by Gasteiger charge is -2.03. The molecule has 17 heavy (non-hydrogen) atoms. The maximum atomic E-state index is 11.2. The highest BCUT2D eigenvalue weighted by Gasteiger charge is 2.08. The summed E-state index contributed by atoms with van der Waals surface area (Å²) in [7, 11) is 0. The Kier molecular flexibility index (Phi) is 3.14. The molecule has 0 unspecified atom stereocenters. The fourth-order valence-corrected chi connectivity index (χ4v) is 1.45. The maximum Gasteiger partial charge on any atom is 0.285 e. The zero-order valence-electron chi connectivity index (χ0n) is 9.37. The number of rotatable bonds is 3. The van der Waals surface area contributed by atoms with Crippen LogP contribution in [0.25, 0.3) is 0 Å². The first kappa shape index (κ1) is 11.7. The second-order valence-electron chi connectivity index (χ2n) is 3.53. The van der Waals surface area contributed by atoms with Gasteiger partial charge in [-0.3, -0.25) is 4.79 Å². The monoisotopic (exact) mass is 254 g/mol. The minimum absolute atomic E-state index is 0.0694. The zero-order valence-corrected chi connectivity index (χ0v) is 10.1. The average molecular weight is 255 g/mol. The maximum absolute atomic E-state index is 11.2. The predicted molar refractivity (Wildman–Crippen MR) is 63.2 cm³/mol.